The fraction of sp³-hybridized carbons (Fsp3) is 0.100. The second-order valence-corrected chi connectivity index (χ2v) is 8.56. The first-order chi connectivity index (χ1) is 14.4. The third kappa shape index (κ3) is 3.72. The number of anilines is 1. The number of hydrogen-bond acceptors (Lipinski definition) is 8. The van der Waals surface area contributed by atoms with Crippen LogP contribution in [0.5, 0.6) is 0 Å². The molecular weight excluding hydrogens is 410 g/mol. The Balaban J connectivity index is 1.56. The molecule has 0 unspecified atom stereocenters. The van der Waals surface area contributed by atoms with Crippen molar-refractivity contribution in [2.24, 2.45) is 0 Å². The molecule has 0 aliphatic heterocycles. The molecule has 0 spiro atoms. The van der Waals surface area contributed by atoms with E-state index in [1.54, 1.807) is 31.2 Å². The average Bonchev–Trinajstić information content (AvgIpc) is 3.21. The molecule has 4 aromatic rings. The minimum atomic E-state index is -3.32. The zero-order valence-corrected chi connectivity index (χ0v) is 16.5. The van der Waals surface area contributed by atoms with Crippen molar-refractivity contribution in [2.45, 2.75) is 11.8 Å². The average molecular weight is 425 g/mol. The topological polar surface area (TPSA) is 132 Å². The van der Waals surface area contributed by atoms with Crippen LogP contribution in [-0.4, -0.2) is 30.3 Å². The molecule has 0 aliphatic carbocycles. The summed E-state index contributed by atoms with van der Waals surface area (Å²) in [5.41, 5.74) is -0.155. The van der Waals surface area contributed by atoms with Gasteiger partial charge in [0.25, 0.3) is 5.91 Å². The van der Waals surface area contributed by atoms with Gasteiger partial charge in [-0.25, -0.2) is 13.2 Å². The predicted octanol–water partition coefficient (Wildman–Crippen LogP) is 2.89. The molecule has 30 heavy (non-hydrogen) atoms. The third-order valence-electron chi connectivity index (χ3n) is 4.37. The zero-order valence-electron chi connectivity index (χ0n) is 15.7. The van der Waals surface area contributed by atoms with Gasteiger partial charge in [-0.2, -0.15) is 0 Å². The fourth-order valence-corrected chi connectivity index (χ4v) is 3.63. The van der Waals surface area contributed by atoms with Gasteiger partial charge in [0.05, 0.1) is 10.6 Å². The van der Waals surface area contributed by atoms with E-state index in [2.05, 4.69) is 15.5 Å². The van der Waals surface area contributed by atoms with Gasteiger partial charge in [-0.15, -0.1) is 5.10 Å². The third-order valence-corrected chi connectivity index (χ3v) is 6.12. The van der Waals surface area contributed by atoms with E-state index >= 15 is 0 Å². The quantitative estimate of drug-likeness (QED) is 0.483. The molecule has 1 N–H and O–H groups in total. The van der Waals surface area contributed by atoms with E-state index < -0.39 is 21.4 Å². The zero-order chi connectivity index (χ0) is 21.3. The molecule has 1 amide bonds. The van der Waals surface area contributed by atoms with Crippen LogP contribution in [-0.2, 0) is 9.84 Å². The standard InChI is InChI=1S/C20H15N3O6S/c1-2-30(26,27)14-9-7-12(8-10-14)18-22-23-20(29-18)21-17(24)15-11-13-5-3-4-6-16(13)28-19(15)25/h3-11H,2H2,1H3,(H,21,23,24). The molecular formula is C20H15N3O6S. The van der Waals surface area contributed by atoms with Crippen LogP contribution >= 0.6 is 0 Å². The van der Waals surface area contributed by atoms with Crippen LogP contribution < -0.4 is 10.9 Å². The molecule has 0 saturated heterocycles. The molecule has 0 radical (unpaired) electrons. The lowest BCUT2D eigenvalue weighted by molar-refractivity contribution is 0.102. The van der Waals surface area contributed by atoms with Gasteiger partial charge in [-0.3, -0.25) is 10.1 Å². The summed E-state index contributed by atoms with van der Waals surface area (Å²) < 4.78 is 34.3. The van der Waals surface area contributed by atoms with E-state index in [1.807, 2.05) is 0 Å². The van der Waals surface area contributed by atoms with Crippen molar-refractivity contribution in [2.75, 3.05) is 11.1 Å². The number of fused-ring (bicyclic) bond motifs is 1. The molecule has 9 nitrogen and oxygen atoms in total. The highest BCUT2D eigenvalue weighted by Gasteiger charge is 2.18. The summed E-state index contributed by atoms with van der Waals surface area (Å²) in [6.45, 7) is 1.56. The van der Waals surface area contributed by atoms with Gasteiger partial charge >= 0.3 is 11.6 Å². The molecule has 2 aromatic heterocycles. The number of nitrogens with zero attached hydrogens (tertiary/aromatic N) is 2. The molecule has 4 rings (SSSR count). The first kappa shape index (κ1) is 19.5. The Labute approximate surface area is 170 Å². The van der Waals surface area contributed by atoms with Gasteiger partial charge in [0.2, 0.25) is 5.89 Å². The highest BCUT2D eigenvalue weighted by Crippen LogP contribution is 2.22. The first-order valence-corrected chi connectivity index (χ1v) is 10.5. The van der Waals surface area contributed by atoms with E-state index in [0.717, 1.165) is 0 Å². The lowest BCUT2D eigenvalue weighted by Gasteiger charge is -2.02. The van der Waals surface area contributed by atoms with Gasteiger partial charge in [0.15, 0.2) is 9.84 Å². The predicted molar refractivity (Wildman–Crippen MR) is 108 cm³/mol. The van der Waals surface area contributed by atoms with E-state index in [-0.39, 0.29) is 28.1 Å². The molecule has 0 fully saturated rings. The fourth-order valence-electron chi connectivity index (χ4n) is 2.75. The Kier molecular flexibility index (Phi) is 4.92. The number of nitrogens with one attached hydrogen (secondary N) is 1. The Morgan fingerprint density at radius 1 is 1.03 bits per heavy atom. The number of aromatic nitrogens is 2. The first-order valence-electron chi connectivity index (χ1n) is 8.88. The SMILES string of the molecule is CCS(=O)(=O)c1ccc(-c2nnc(NC(=O)c3cc4ccccc4oc3=O)o2)cc1. The normalized spacial score (nSPS) is 11.5. The van der Waals surface area contributed by atoms with Crippen molar-refractivity contribution in [1.29, 1.82) is 0 Å². The van der Waals surface area contributed by atoms with Crippen LogP contribution in [0.25, 0.3) is 22.4 Å². The van der Waals surface area contributed by atoms with Crippen LogP contribution in [0.1, 0.15) is 17.3 Å². The summed E-state index contributed by atoms with van der Waals surface area (Å²) in [7, 11) is -3.32. The maximum atomic E-state index is 12.4. The van der Waals surface area contributed by atoms with Crippen molar-refractivity contribution >= 4 is 32.7 Å². The monoisotopic (exact) mass is 425 g/mol. The number of sulfone groups is 1. The van der Waals surface area contributed by atoms with E-state index in [9.17, 15) is 18.0 Å². The maximum absolute atomic E-state index is 12.4. The second kappa shape index (κ2) is 7.56. The van der Waals surface area contributed by atoms with Crippen LogP contribution in [0.15, 0.2) is 73.1 Å². The molecule has 10 heteroatoms. The van der Waals surface area contributed by atoms with Crippen LogP contribution in [0.3, 0.4) is 0 Å². The minimum Gasteiger partial charge on any atom is -0.422 e. The highest BCUT2D eigenvalue weighted by molar-refractivity contribution is 7.91. The summed E-state index contributed by atoms with van der Waals surface area (Å²) in [4.78, 5) is 24.7. The van der Waals surface area contributed by atoms with Crippen molar-refractivity contribution in [3.8, 4) is 11.5 Å². The summed E-state index contributed by atoms with van der Waals surface area (Å²) in [5, 5.41) is 10.5. The van der Waals surface area contributed by atoms with Gasteiger partial charge in [0.1, 0.15) is 11.1 Å². The van der Waals surface area contributed by atoms with Crippen LogP contribution in [0.4, 0.5) is 6.01 Å². The Morgan fingerprint density at radius 3 is 2.50 bits per heavy atom. The lowest BCUT2D eigenvalue weighted by Crippen LogP contribution is -2.20. The Bertz CT molecular complexity index is 1400. The summed E-state index contributed by atoms with van der Waals surface area (Å²) >= 11 is 0. The molecule has 2 aromatic carbocycles. The van der Waals surface area contributed by atoms with Crippen LogP contribution in [0.2, 0.25) is 0 Å². The number of carbonyl (C=O) groups is 1. The van der Waals surface area contributed by atoms with Gasteiger partial charge in [-0.05, 0) is 36.4 Å². The van der Waals surface area contributed by atoms with Crippen molar-refractivity contribution in [1.82, 2.24) is 10.2 Å². The summed E-state index contributed by atoms with van der Waals surface area (Å²) in [6.07, 6.45) is 0. The van der Waals surface area contributed by atoms with E-state index in [4.69, 9.17) is 8.83 Å². The molecule has 152 valence electrons. The largest absolute Gasteiger partial charge is 0.422 e. The number of amides is 1. The number of para-hydroxylation sites is 1. The Hall–Kier alpha value is -3.79. The summed E-state index contributed by atoms with van der Waals surface area (Å²) in [6, 6.07) is 13.9. The molecule has 0 bridgehead atoms. The molecule has 0 saturated carbocycles. The number of benzene rings is 2. The van der Waals surface area contributed by atoms with Gasteiger partial charge in [-0.1, -0.05) is 30.2 Å². The summed E-state index contributed by atoms with van der Waals surface area (Å²) in [5.74, 6) is -0.684. The van der Waals surface area contributed by atoms with Crippen LogP contribution in [0, 0.1) is 0 Å². The van der Waals surface area contributed by atoms with Gasteiger partial charge < -0.3 is 8.83 Å². The molecule has 0 atom stereocenters. The van der Waals surface area contributed by atoms with Gasteiger partial charge in [0, 0.05) is 10.9 Å². The van der Waals surface area contributed by atoms with E-state index in [0.29, 0.717) is 16.5 Å². The maximum Gasteiger partial charge on any atom is 0.349 e. The van der Waals surface area contributed by atoms with Crippen molar-refractivity contribution in [3.63, 3.8) is 0 Å². The highest BCUT2D eigenvalue weighted by atomic mass is 32.2. The number of rotatable bonds is 5. The molecule has 0 aliphatic rings. The minimum absolute atomic E-state index is 0.00809. The smallest absolute Gasteiger partial charge is 0.349 e. The molecule has 2 heterocycles. The Morgan fingerprint density at radius 2 is 1.77 bits per heavy atom. The lowest BCUT2D eigenvalue weighted by atomic mass is 10.2. The number of hydrogen-bond donors (Lipinski definition) is 1. The van der Waals surface area contributed by atoms with E-state index in [1.165, 1.54) is 30.3 Å². The van der Waals surface area contributed by atoms with Crippen molar-refractivity contribution in [3.05, 3.63) is 70.6 Å². The van der Waals surface area contributed by atoms with Crippen molar-refractivity contribution < 1.29 is 22.0 Å². The second-order valence-electron chi connectivity index (χ2n) is 6.28. The number of carbonyl (C=O) groups excluding carboxylic acids is 1.